The lowest BCUT2D eigenvalue weighted by Crippen LogP contribution is -2.37. The second kappa shape index (κ2) is 9.64. The molecular weight excluding hydrogens is 383 g/mol. The molecule has 1 heterocycles. The summed E-state index contributed by atoms with van der Waals surface area (Å²) in [5, 5.41) is 9.56. The second-order valence-corrected chi connectivity index (χ2v) is 7.78. The van der Waals surface area contributed by atoms with Crippen molar-refractivity contribution in [3.8, 4) is 5.69 Å². The molecule has 0 aliphatic heterocycles. The van der Waals surface area contributed by atoms with Crippen LogP contribution in [0.25, 0.3) is 5.69 Å². The molecule has 0 radical (unpaired) electrons. The van der Waals surface area contributed by atoms with E-state index in [1.165, 1.54) is 39.9 Å². The molecule has 0 unspecified atom stereocenters. The number of amides is 2. The van der Waals surface area contributed by atoms with Crippen LogP contribution in [0.1, 0.15) is 13.3 Å². The van der Waals surface area contributed by atoms with Gasteiger partial charge in [-0.25, -0.2) is 9.07 Å². The zero-order chi connectivity index (χ0) is 18.2. The summed E-state index contributed by atoms with van der Waals surface area (Å²) in [5.74, 6) is -0.672. The molecule has 134 valence electrons. The molecule has 0 saturated heterocycles. The first kappa shape index (κ1) is 19.5. The normalized spacial score (nSPS) is 10.5. The Balaban J connectivity index is 1.86. The zero-order valence-corrected chi connectivity index (χ0v) is 15.9. The van der Waals surface area contributed by atoms with Crippen molar-refractivity contribution in [2.75, 3.05) is 18.8 Å². The molecule has 1 aromatic heterocycles. The molecule has 2 N–H and O–H groups in total. The van der Waals surface area contributed by atoms with Gasteiger partial charge in [0.1, 0.15) is 5.82 Å². The van der Waals surface area contributed by atoms with Crippen LogP contribution in [0.5, 0.6) is 0 Å². The first-order valence-corrected chi connectivity index (χ1v) is 9.73. The maximum atomic E-state index is 13.0. The highest BCUT2D eigenvalue weighted by Crippen LogP contribution is 2.23. The van der Waals surface area contributed by atoms with Crippen molar-refractivity contribution in [1.29, 1.82) is 0 Å². The molecule has 0 bridgehead atoms. The van der Waals surface area contributed by atoms with Crippen LogP contribution in [0.3, 0.4) is 0 Å². The average molecular weight is 401 g/mol. The van der Waals surface area contributed by atoms with Crippen LogP contribution in [-0.2, 0) is 9.59 Å². The van der Waals surface area contributed by atoms with Gasteiger partial charge in [0.25, 0.3) is 0 Å². The molecule has 2 aromatic rings. The topological polar surface area (TPSA) is 76.0 Å². The first-order valence-electron chi connectivity index (χ1n) is 7.52. The van der Waals surface area contributed by atoms with Crippen molar-refractivity contribution in [2.45, 2.75) is 17.7 Å². The van der Waals surface area contributed by atoms with Gasteiger partial charge in [-0.3, -0.25) is 9.59 Å². The van der Waals surface area contributed by atoms with Gasteiger partial charge in [0.2, 0.25) is 11.8 Å². The number of nitrogens with zero attached hydrogens (tertiary/aromatic N) is 2. The third kappa shape index (κ3) is 6.22. The van der Waals surface area contributed by atoms with E-state index >= 15 is 0 Å². The maximum absolute atomic E-state index is 13.0. The molecule has 10 heteroatoms. The summed E-state index contributed by atoms with van der Waals surface area (Å²) in [5.41, 5.74) is 0.659. The number of hydrogen-bond acceptors (Lipinski definition) is 6. The fourth-order valence-corrected chi connectivity index (χ4v) is 3.94. The zero-order valence-electron chi connectivity index (χ0n) is 13.5. The van der Waals surface area contributed by atoms with Gasteiger partial charge in [-0.05, 0) is 42.9 Å². The Morgan fingerprint density at radius 3 is 2.68 bits per heavy atom. The molecule has 0 atom stereocenters. The number of benzene rings is 1. The molecule has 0 spiro atoms. The molecule has 1 aromatic carbocycles. The number of halogens is 1. The van der Waals surface area contributed by atoms with E-state index in [-0.39, 0.29) is 29.9 Å². The second-order valence-electron chi connectivity index (χ2n) is 4.94. The van der Waals surface area contributed by atoms with Crippen LogP contribution < -0.4 is 10.6 Å². The average Bonchev–Trinajstić information content (AvgIpc) is 2.97. The van der Waals surface area contributed by atoms with Crippen LogP contribution in [0.15, 0.2) is 28.6 Å². The van der Waals surface area contributed by atoms with Crippen LogP contribution >= 0.6 is 35.3 Å². The quantitative estimate of drug-likeness (QED) is 0.526. The van der Waals surface area contributed by atoms with Crippen molar-refractivity contribution in [2.24, 2.45) is 0 Å². The maximum Gasteiger partial charge on any atom is 0.239 e. The highest BCUT2D eigenvalue weighted by Gasteiger charge is 2.10. The number of nitrogens with one attached hydrogen (secondary N) is 2. The Hall–Kier alpha value is -1.78. The summed E-state index contributed by atoms with van der Waals surface area (Å²) in [7, 11) is 0. The van der Waals surface area contributed by atoms with Gasteiger partial charge < -0.3 is 10.6 Å². The van der Waals surface area contributed by atoms with E-state index in [4.69, 9.17) is 12.2 Å². The van der Waals surface area contributed by atoms with Crippen molar-refractivity contribution in [1.82, 2.24) is 20.4 Å². The Morgan fingerprint density at radius 2 is 2.00 bits per heavy atom. The van der Waals surface area contributed by atoms with Crippen molar-refractivity contribution >= 4 is 47.1 Å². The van der Waals surface area contributed by atoms with Gasteiger partial charge in [-0.1, -0.05) is 30.0 Å². The largest absolute Gasteiger partial charge is 0.355 e. The monoisotopic (exact) mass is 400 g/mol. The van der Waals surface area contributed by atoms with Crippen molar-refractivity contribution in [3.63, 3.8) is 0 Å². The van der Waals surface area contributed by atoms with E-state index in [1.54, 1.807) is 12.1 Å². The van der Waals surface area contributed by atoms with Gasteiger partial charge in [0.15, 0.2) is 8.29 Å². The van der Waals surface area contributed by atoms with Crippen molar-refractivity contribution < 1.29 is 14.0 Å². The summed E-state index contributed by atoms with van der Waals surface area (Å²) in [6.45, 7) is 2.50. The summed E-state index contributed by atoms with van der Waals surface area (Å²) in [4.78, 5) is 23.2. The molecule has 25 heavy (non-hydrogen) atoms. The number of hydrogen-bond donors (Lipinski definition) is 2. The minimum absolute atomic E-state index is 0.0425. The van der Waals surface area contributed by atoms with E-state index in [2.05, 4.69) is 15.7 Å². The lowest BCUT2D eigenvalue weighted by Gasteiger charge is -2.05. The van der Waals surface area contributed by atoms with E-state index in [9.17, 15) is 14.0 Å². The molecule has 0 saturated carbocycles. The van der Waals surface area contributed by atoms with Gasteiger partial charge in [-0.15, -0.1) is 5.10 Å². The fourth-order valence-electron chi connectivity index (χ4n) is 1.75. The van der Waals surface area contributed by atoms with Crippen LogP contribution in [-0.4, -0.2) is 40.4 Å². The lowest BCUT2D eigenvalue weighted by molar-refractivity contribution is -0.124. The van der Waals surface area contributed by atoms with E-state index in [0.717, 1.165) is 6.42 Å². The van der Waals surface area contributed by atoms with E-state index in [1.807, 2.05) is 6.92 Å². The van der Waals surface area contributed by atoms with Crippen LogP contribution in [0.2, 0.25) is 0 Å². The summed E-state index contributed by atoms with van der Waals surface area (Å²) in [6.07, 6.45) is 0.844. The Bertz CT molecular complexity index is 789. The SMILES string of the molecule is CCCNC(=O)CNC(=O)CSc1nn(-c2ccc(F)cc2)c(=S)s1. The van der Waals surface area contributed by atoms with E-state index < -0.39 is 0 Å². The molecule has 2 rings (SSSR count). The molecule has 0 aliphatic carbocycles. The van der Waals surface area contributed by atoms with Gasteiger partial charge in [0.05, 0.1) is 18.0 Å². The third-order valence-corrected chi connectivity index (χ3v) is 5.31. The number of carbonyl (C=O) groups is 2. The van der Waals surface area contributed by atoms with Gasteiger partial charge in [0, 0.05) is 6.54 Å². The highest BCUT2D eigenvalue weighted by molar-refractivity contribution is 8.01. The smallest absolute Gasteiger partial charge is 0.239 e. The van der Waals surface area contributed by atoms with Gasteiger partial charge >= 0.3 is 0 Å². The number of carbonyl (C=O) groups excluding carboxylic acids is 2. The Morgan fingerprint density at radius 1 is 1.28 bits per heavy atom. The Labute approximate surface area is 157 Å². The minimum atomic E-state index is -0.334. The minimum Gasteiger partial charge on any atom is -0.355 e. The third-order valence-electron chi connectivity index (χ3n) is 2.95. The first-order chi connectivity index (χ1) is 12.0. The number of thioether (sulfide) groups is 1. The molecule has 6 nitrogen and oxygen atoms in total. The summed E-state index contributed by atoms with van der Waals surface area (Å²) < 4.78 is 15.6. The van der Waals surface area contributed by atoms with Crippen LogP contribution in [0, 0.1) is 9.77 Å². The summed E-state index contributed by atoms with van der Waals surface area (Å²) in [6, 6.07) is 5.84. The summed E-state index contributed by atoms with van der Waals surface area (Å²) >= 11 is 7.75. The molecular formula is C15H17FN4O2S3. The van der Waals surface area contributed by atoms with Gasteiger partial charge in [-0.2, -0.15) is 0 Å². The molecule has 2 amide bonds. The predicted molar refractivity (Wildman–Crippen MR) is 99.3 cm³/mol. The van der Waals surface area contributed by atoms with Crippen LogP contribution in [0.4, 0.5) is 4.39 Å². The molecule has 0 aliphatic rings. The number of rotatable bonds is 8. The fraction of sp³-hybridized carbons (Fsp3) is 0.333. The molecule has 0 fully saturated rings. The predicted octanol–water partition coefficient (Wildman–Crippen LogP) is 2.54. The van der Waals surface area contributed by atoms with Crippen molar-refractivity contribution in [3.05, 3.63) is 34.0 Å². The standard InChI is InChI=1S/C15H17FN4O2S3/c1-2-7-17-12(21)8-18-13(22)9-24-14-19-20(15(23)25-14)11-5-3-10(16)4-6-11/h3-6H,2,7-9H2,1H3,(H,17,21)(H,18,22). The van der Waals surface area contributed by atoms with E-state index in [0.29, 0.717) is 20.5 Å². The highest BCUT2D eigenvalue weighted by atomic mass is 32.2. The Kier molecular flexibility index (Phi) is 7.53. The lowest BCUT2D eigenvalue weighted by atomic mass is 10.3. The number of aromatic nitrogens is 2.